The third-order valence-corrected chi connectivity index (χ3v) is 8.71. The Labute approximate surface area is 245 Å². The molecular weight excluding hydrogens is 544 g/mol. The Bertz CT molecular complexity index is 1390. The molecule has 0 spiro atoms. The normalized spacial score (nSPS) is 23.9. The molecule has 4 aliphatic rings. The van der Waals surface area contributed by atoms with Crippen LogP contribution in [0.15, 0.2) is 9.59 Å². The molecule has 2 aromatic rings. The van der Waals surface area contributed by atoms with E-state index in [4.69, 9.17) is 19.2 Å². The summed E-state index contributed by atoms with van der Waals surface area (Å²) in [6.45, 7) is 9.33. The Morgan fingerprint density at radius 1 is 0.976 bits per heavy atom. The standard InChI is InChI=1S/C21H30N4O5.C9H14O3/c1-4-10-24-16-15(17(27)25(11-5-2)19(24)28)22-18(23-16)21-8-6-20(7-9-21,13-30-21)12-29-14(3)26;1-2-12-9(11)7-3-5-8(10)6-4-7/h4-13H2,1-3H3,(H,22,23);7H,2-6H2,1H3. The van der Waals surface area contributed by atoms with Gasteiger partial charge in [0.15, 0.2) is 5.65 Å². The largest absolute Gasteiger partial charge is 0.466 e. The van der Waals surface area contributed by atoms with Gasteiger partial charge in [-0.3, -0.25) is 28.3 Å². The number of carbonyl (C=O) groups excluding carboxylic acids is 3. The minimum atomic E-state index is -0.591. The van der Waals surface area contributed by atoms with Gasteiger partial charge in [0.2, 0.25) is 0 Å². The van der Waals surface area contributed by atoms with Crippen LogP contribution < -0.4 is 11.2 Å². The van der Waals surface area contributed by atoms with Gasteiger partial charge in [0.1, 0.15) is 22.7 Å². The van der Waals surface area contributed by atoms with Crippen molar-refractivity contribution in [1.82, 2.24) is 19.1 Å². The number of esters is 2. The molecule has 6 rings (SSSR count). The summed E-state index contributed by atoms with van der Waals surface area (Å²) < 4.78 is 19.3. The first-order chi connectivity index (χ1) is 20.1. The van der Waals surface area contributed by atoms with E-state index in [0.717, 1.165) is 32.1 Å². The molecule has 2 aromatic heterocycles. The molecule has 2 aliphatic heterocycles. The summed E-state index contributed by atoms with van der Waals surface area (Å²) in [5.74, 6) is 0.457. The van der Waals surface area contributed by atoms with Gasteiger partial charge in [-0.25, -0.2) is 9.78 Å². The number of rotatable bonds is 9. The van der Waals surface area contributed by atoms with E-state index in [2.05, 4.69) is 4.98 Å². The zero-order valence-corrected chi connectivity index (χ0v) is 25.3. The van der Waals surface area contributed by atoms with Gasteiger partial charge < -0.3 is 19.2 Å². The maximum Gasteiger partial charge on any atom is 0.332 e. The molecule has 2 saturated carbocycles. The molecule has 12 nitrogen and oxygen atoms in total. The summed E-state index contributed by atoms with van der Waals surface area (Å²) in [6.07, 6.45) is 7.10. The predicted molar refractivity (Wildman–Crippen MR) is 154 cm³/mol. The fourth-order valence-corrected chi connectivity index (χ4v) is 6.17. The van der Waals surface area contributed by atoms with E-state index in [1.165, 1.54) is 11.5 Å². The highest BCUT2D eigenvalue weighted by molar-refractivity contribution is 5.82. The van der Waals surface area contributed by atoms with Crippen molar-refractivity contribution < 1.29 is 28.6 Å². The van der Waals surface area contributed by atoms with Crippen molar-refractivity contribution in [2.45, 2.75) is 111 Å². The molecule has 2 bridgehead atoms. The Hall–Kier alpha value is -3.28. The van der Waals surface area contributed by atoms with Crippen molar-refractivity contribution in [2.24, 2.45) is 11.3 Å². The molecule has 2 saturated heterocycles. The second-order valence-electron chi connectivity index (χ2n) is 11.8. The monoisotopic (exact) mass is 588 g/mol. The van der Waals surface area contributed by atoms with E-state index in [9.17, 15) is 24.0 Å². The van der Waals surface area contributed by atoms with Crippen LogP contribution in [-0.4, -0.2) is 56.6 Å². The number of aryl methyl sites for hydroxylation is 1. The number of fused-ring (bicyclic) bond motifs is 4. The zero-order chi connectivity index (χ0) is 30.5. The van der Waals surface area contributed by atoms with E-state index in [-0.39, 0.29) is 40.3 Å². The van der Waals surface area contributed by atoms with Gasteiger partial charge in [-0.15, -0.1) is 0 Å². The smallest absolute Gasteiger partial charge is 0.332 e. The van der Waals surface area contributed by atoms with E-state index in [1.807, 2.05) is 13.8 Å². The summed E-state index contributed by atoms with van der Waals surface area (Å²) >= 11 is 0. The summed E-state index contributed by atoms with van der Waals surface area (Å²) in [7, 11) is 0. The molecule has 4 fully saturated rings. The number of hydrogen-bond acceptors (Lipinski definition) is 9. The third-order valence-electron chi connectivity index (χ3n) is 8.71. The first-order valence-electron chi connectivity index (χ1n) is 15.3. The molecule has 4 heterocycles. The van der Waals surface area contributed by atoms with Crippen LogP contribution in [0.1, 0.15) is 97.7 Å². The van der Waals surface area contributed by atoms with Crippen LogP contribution in [0.5, 0.6) is 0 Å². The highest BCUT2D eigenvalue weighted by atomic mass is 16.5. The Morgan fingerprint density at radius 3 is 2.17 bits per heavy atom. The second-order valence-corrected chi connectivity index (χ2v) is 11.8. The summed E-state index contributed by atoms with van der Waals surface area (Å²) in [5, 5.41) is 0. The number of Topliss-reactive ketones (excluding diaryl/α,β-unsaturated/α-hetero) is 1. The van der Waals surface area contributed by atoms with Crippen LogP contribution in [0.25, 0.3) is 11.2 Å². The maximum atomic E-state index is 13.0. The van der Waals surface area contributed by atoms with Crippen molar-refractivity contribution in [1.29, 1.82) is 0 Å². The summed E-state index contributed by atoms with van der Waals surface area (Å²) in [6, 6.07) is 0. The number of ketones is 1. The molecule has 0 radical (unpaired) electrons. The highest BCUT2D eigenvalue weighted by Gasteiger charge is 2.53. The van der Waals surface area contributed by atoms with Crippen LogP contribution in [0.2, 0.25) is 0 Å². The molecule has 12 heteroatoms. The number of carbonyl (C=O) groups is 3. The number of nitrogens with zero attached hydrogens (tertiary/aromatic N) is 3. The number of nitrogens with one attached hydrogen (secondary N) is 1. The maximum absolute atomic E-state index is 13.0. The Kier molecular flexibility index (Phi) is 10.1. The molecular formula is C30H44N4O8. The van der Waals surface area contributed by atoms with Crippen molar-refractivity contribution >= 4 is 28.9 Å². The lowest BCUT2D eigenvalue weighted by Gasteiger charge is -2.51. The van der Waals surface area contributed by atoms with Crippen LogP contribution in [0, 0.1) is 11.3 Å². The van der Waals surface area contributed by atoms with Gasteiger partial charge in [0.25, 0.3) is 5.56 Å². The van der Waals surface area contributed by atoms with Crippen molar-refractivity contribution in [3.63, 3.8) is 0 Å². The van der Waals surface area contributed by atoms with Gasteiger partial charge in [0.05, 0.1) is 25.7 Å². The molecule has 0 unspecified atom stereocenters. The lowest BCUT2D eigenvalue weighted by molar-refractivity contribution is -0.208. The molecule has 42 heavy (non-hydrogen) atoms. The highest BCUT2D eigenvalue weighted by Crippen LogP contribution is 2.53. The average molecular weight is 589 g/mol. The van der Waals surface area contributed by atoms with Crippen LogP contribution in [0.4, 0.5) is 0 Å². The number of imidazole rings is 1. The van der Waals surface area contributed by atoms with E-state index in [0.29, 0.717) is 82.0 Å². The van der Waals surface area contributed by atoms with Crippen LogP contribution in [-0.2, 0) is 47.3 Å². The van der Waals surface area contributed by atoms with E-state index in [1.54, 1.807) is 11.5 Å². The number of H-pyrrole nitrogens is 1. The van der Waals surface area contributed by atoms with Gasteiger partial charge in [0, 0.05) is 38.3 Å². The molecule has 232 valence electrons. The first kappa shape index (κ1) is 31.7. The minimum absolute atomic E-state index is 0.0253. The number of hydrogen-bond donors (Lipinski definition) is 1. The molecule has 0 atom stereocenters. The minimum Gasteiger partial charge on any atom is -0.466 e. The van der Waals surface area contributed by atoms with E-state index < -0.39 is 5.60 Å². The second kappa shape index (κ2) is 13.4. The third kappa shape index (κ3) is 6.53. The van der Waals surface area contributed by atoms with Crippen molar-refractivity contribution in [3.05, 3.63) is 26.7 Å². The summed E-state index contributed by atoms with van der Waals surface area (Å²) in [5.41, 5.74) is -0.583. The fraction of sp³-hybridized carbons (Fsp3) is 0.733. The number of aromatic amines is 1. The van der Waals surface area contributed by atoms with Crippen molar-refractivity contribution in [3.8, 4) is 0 Å². The molecule has 0 amide bonds. The topological polar surface area (TPSA) is 152 Å². The Morgan fingerprint density at radius 2 is 1.62 bits per heavy atom. The van der Waals surface area contributed by atoms with Crippen LogP contribution in [0.3, 0.4) is 0 Å². The van der Waals surface area contributed by atoms with Gasteiger partial charge in [-0.2, -0.15) is 0 Å². The molecule has 0 aromatic carbocycles. The van der Waals surface area contributed by atoms with Crippen molar-refractivity contribution in [2.75, 3.05) is 19.8 Å². The van der Waals surface area contributed by atoms with E-state index >= 15 is 0 Å². The SMILES string of the molecule is CCCn1c(=O)c2[nH]c(C34CCC(COC(C)=O)(CC3)CO4)nc2n(CCC)c1=O.CCOC(=O)C1CCC(=O)CC1. The van der Waals surface area contributed by atoms with Gasteiger partial charge in [-0.05, 0) is 58.3 Å². The van der Waals surface area contributed by atoms with Gasteiger partial charge in [-0.1, -0.05) is 13.8 Å². The first-order valence-corrected chi connectivity index (χ1v) is 15.3. The number of ether oxygens (including phenoxy) is 3. The lowest BCUT2D eigenvalue weighted by Crippen LogP contribution is -2.51. The quantitative estimate of drug-likeness (QED) is 0.435. The average Bonchev–Trinajstić information content (AvgIpc) is 3.45. The molecule has 2 aliphatic carbocycles. The Balaban J connectivity index is 0.000000283. The lowest BCUT2D eigenvalue weighted by atomic mass is 9.66. The molecule has 1 N–H and O–H groups in total. The predicted octanol–water partition coefficient (Wildman–Crippen LogP) is 3.36. The summed E-state index contributed by atoms with van der Waals surface area (Å²) in [4.78, 5) is 67.1. The van der Waals surface area contributed by atoms with Crippen LogP contribution >= 0.6 is 0 Å². The number of aromatic nitrogens is 4. The zero-order valence-electron chi connectivity index (χ0n) is 25.3. The fourth-order valence-electron chi connectivity index (χ4n) is 6.17. The van der Waals surface area contributed by atoms with Gasteiger partial charge >= 0.3 is 17.6 Å².